The summed E-state index contributed by atoms with van der Waals surface area (Å²) < 4.78 is 0. The zero-order valence-electron chi connectivity index (χ0n) is 32.6. The summed E-state index contributed by atoms with van der Waals surface area (Å²) in [4.78, 5) is 159. The summed E-state index contributed by atoms with van der Waals surface area (Å²) in [6.45, 7) is 1.37. The van der Waals surface area contributed by atoms with Gasteiger partial charge in [0.15, 0.2) is 0 Å². The summed E-state index contributed by atoms with van der Waals surface area (Å²) in [7, 11) is 0. The first-order chi connectivity index (χ1) is 27.9. The molecule has 0 aliphatic carbocycles. The van der Waals surface area contributed by atoms with Crippen LogP contribution < -0.4 is 54.4 Å². The van der Waals surface area contributed by atoms with E-state index >= 15 is 0 Å². The third-order valence-corrected chi connectivity index (χ3v) is 8.30. The number of carbonyl (C=O) groups excluding carboxylic acids is 9. The maximum absolute atomic E-state index is 13.5. The Morgan fingerprint density at radius 2 is 0.950 bits per heavy atom. The Morgan fingerprint density at radius 1 is 0.483 bits per heavy atom. The Labute approximate surface area is 341 Å². The number of carboxylic acid groups (broad SMARTS) is 4. The number of nitrogens with one attached hydrogen (secondary N) is 7. The van der Waals surface area contributed by atoms with E-state index in [9.17, 15) is 77.6 Å². The van der Waals surface area contributed by atoms with Crippen LogP contribution in [0, 0.1) is 5.92 Å². The second-order valence-corrected chi connectivity index (χ2v) is 13.2. The number of hydrogen-bond acceptors (Lipinski definition) is 14. The predicted molar refractivity (Wildman–Crippen MR) is 199 cm³/mol. The first kappa shape index (κ1) is 53.1. The fraction of sp³-hybridized carbons (Fsp3) is 0.606. The van der Waals surface area contributed by atoms with Crippen LogP contribution in [0.5, 0.6) is 0 Å². The minimum absolute atomic E-state index is 0.246. The van der Waals surface area contributed by atoms with Crippen molar-refractivity contribution in [2.75, 3.05) is 13.1 Å². The monoisotopic (exact) mass is 860 g/mol. The van der Waals surface area contributed by atoms with E-state index in [0.29, 0.717) is 0 Å². The Balaban J connectivity index is 6.18. The molecule has 9 amide bonds. The molecule has 0 aliphatic rings. The molecule has 7 atom stereocenters. The fourth-order valence-corrected chi connectivity index (χ4v) is 4.88. The summed E-state index contributed by atoms with van der Waals surface area (Å²) in [6.07, 6.45) is -4.98. The molecule has 0 radical (unpaired) electrons. The highest BCUT2D eigenvalue weighted by atomic mass is 16.4. The number of amides is 9. The van der Waals surface area contributed by atoms with Crippen LogP contribution in [0.4, 0.5) is 0 Å². The quantitative estimate of drug-likeness (QED) is 0.0319. The van der Waals surface area contributed by atoms with Crippen LogP contribution in [-0.2, 0) is 62.3 Å². The van der Waals surface area contributed by atoms with Crippen molar-refractivity contribution in [3.8, 4) is 0 Å². The van der Waals surface area contributed by atoms with Crippen LogP contribution in [0.25, 0.3) is 0 Å². The molecule has 0 aromatic rings. The van der Waals surface area contributed by atoms with Gasteiger partial charge in [0.2, 0.25) is 53.2 Å². The van der Waals surface area contributed by atoms with E-state index in [0.717, 1.165) is 0 Å². The molecule has 0 aromatic heterocycles. The molecule has 0 aromatic carbocycles. The van der Waals surface area contributed by atoms with Crippen molar-refractivity contribution >= 4 is 77.0 Å². The molecule has 27 nitrogen and oxygen atoms in total. The van der Waals surface area contributed by atoms with Crippen molar-refractivity contribution in [1.29, 1.82) is 0 Å². The molecule has 0 unspecified atom stereocenters. The van der Waals surface area contributed by atoms with Gasteiger partial charge in [0, 0.05) is 19.3 Å². The molecule has 0 saturated heterocycles. The summed E-state index contributed by atoms with van der Waals surface area (Å²) in [5.74, 6) is -16.5. The van der Waals surface area contributed by atoms with E-state index in [1.807, 2.05) is 10.6 Å². The molecular weight excluding hydrogens is 808 g/mol. The Kier molecular flexibility index (Phi) is 23.8. The molecule has 336 valence electrons. The number of aliphatic carboxylic acids is 4. The van der Waals surface area contributed by atoms with Crippen molar-refractivity contribution in [1.82, 2.24) is 37.2 Å². The van der Waals surface area contributed by atoms with E-state index in [2.05, 4.69) is 26.6 Å². The van der Waals surface area contributed by atoms with Gasteiger partial charge < -0.3 is 74.8 Å². The van der Waals surface area contributed by atoms with Gasteiger partial charge in [-0.3, -0.25) is 62.3 Å². The van der Waals surface area contributed by atoms with Crippen molar-refractivity contribution in [2.45, 2.75) is 108 Å². The maximum atomic E-state index is 13.5. The topological polar surface area (TPSA) is 465 Å². The Bertz CT molecular complexity index is 1640. The van der Waals surface area contributed by atoms with Crippen molar-refractivity contribution in [3.63, 3.8) is 0 Å². The van der Waals surface area contributed by atoms with E-state index in [-0.39, 0.29) is 19.3 Å². The SMILES string of the molecule is CC[C@H](C)[C@H](NC(=O)[C@H](CCC(=O)O)NC(=O)[C@H](CCC(=O)O)NC(=O)[C@H](CC(N)=O)NC(=O)CNC(=O)[C@H](CC(=O)O)NC(=O)[C@@H](N)CCC(N)=O)C(=O)NCC(=O)O. The van der Waals surface area contributed by atoms with Crippen molar-refractivity contribution in [3.05, 3.63) is 0 Å². The van der Waals surface area contributed by atoms with Crippen LogP contribution in [0.15, 0.2) is 0 Å². The van der Waals surface area contributed by atoms with Gasteiger partial charge in [-0.1, -0.05) is 20.3 Å². The number of hydrogen-bond donors (Lipinski definition) is 14. The lowest BCUT2D eigenvalue weighted by Gasteiger charge is -2.28. The second kappa shape index (κ2) is 26.9. The number of primary amides is 2. The number of carboxylic acids is 4. The molecule has 27 heteroatoms. The number of rotatable bonds is 30. The van der Waals surface area contributed by atoms with Gasteiger partial charge in [-0.05, 0) is 25.2 Å². The average Bonchev–Trinajstić information content (AvgIpc) is 3.15. The van der Waals surface area contributed by atoms with Crippen molar-refractivity contribution in [2.24, 2.45) is 23.1 Å². The Hall–Kier alpha value is -6.93. The van der Waals surface area contributed by atoms with Gasteiger partial charge >= 0.3 is 23.9 Å². The van der Waals surface area contributed by atoms with E-state index < -0.39 is 171 Å². The maximum Gasteiger partial charge on any atom is 0.322 e. The lowest BCUT2D eigenvalue weighted by atomic mass is 9.97. The standard InChI is InChI=1S/C33H52N10O17/c1-3-14(2)27(33(60)38-13-26(53)54)43-31(58)17(6-9-24(49)50)40-30(57)16(5-8-23(47)48)41-32(59)18(10-21(36)45)39-22(46)12-37-29(56)19(11-25(51)52)42-28(55)15(34)4-7-20(35)44/h14-19,27H,3-13,34H2,1-2H3,(H2,35,44)(H2,36,45)(H,37,56)(H,38,60)(H,39,46)(H,40,57)(H,41,59)(H,42,55)(H,43,58)(H,47,48)(H,49,50)(H,51,52)(H,53,54)/t14-,15-,16-,17-,18-,19-,27-/m0/s1. The highest BCUT2D eigenvalue weighted by Gasteiger charge is 2.34. The minimum Gasteiger partial charge on any atom is -0.481 e. The molecule has 0 heterocycles. The van der Waals surface area contributed by atoms with E-state index in [1.165, 1.54) is 6.92 Å². The van der Waals surface area contributed by atoms with Crippen LogP contribution in [0.1, 0.15) is 71.6 Å². The van der Waals surface area contributed by atoms with E-state index in [4.69, 9.17) is 22.3 Å². The number of nitrogens with two attached hydrogens (primary N) is 3. The number of carbonyl (C=O) groups is 13. The van der Waals surface area contributed by atoms with Crippen LogP contribution in [0.2, 0.25) is 0 Å². The van der Waals surface area contributed by atoms with Gasteiger partial charge in [-0.15, -0.1) is 0 Å². The molecular formula is C33H52N10O17. The third kappa shape index (κ3) is 22.1. The molecule has 0 saturated carbocycles. The lowest BCUT2D eigenvalue weighted by Crippen LogP contribution is -2.59. The normalized spacial score (nSPS) is 14.1. The smallest absolute Gasteiger partial charge is 0.322 e. The van der Waals surface area contributed by atoms with Gasteiger partial charge in [-0.2, -0.15) is 0 Å². The largest absolute Gasteiger partial charge is 0.481 e. The summed E-state index contributed by atoms with van der Waals surface area (Å²) in [5.41, 5.74) is 15.9. The highest BCUT2D eigenvalue weighted by molar-refractivity contribution is 5.98. The van der Waals surface area contributed by atoms with Gasteiger partial charge in [-0.25, -0.2) is 0 Å². The van der Waals surface area contributed by atoms with Gasteiger partial charge in [0.25, 0.3) is 0 Å². The first-order valence-corrected chi connectivity index (χ1v) is 18.1. The van der Waals surface area contributed by atoms with Crippen LogP contribution in [-0.4, -0.2) is 147 Å². The van der Waals surface area contributed by atoms with Crippen molar-refractivity contribution < 1.29 is 82.8 Å². The molecule has 0 fully saturated rings. The third-order valence-electron chi connectivity index (χ3n) is 8.30. The lowest BCUT2D eigenvalue weighted by molar-refractivity contribution is -0.141. The summed E-state index contributed by atoms with van der Waals surface area (Å²) in [5, 5.41) is 51.5. The average molecular weight is 861 g/mol. The fourth-order valence-electron chi connectivity index (χ4n) is 4.88. The molecule has 0 rings (SSSR count). The zero-order chi connectivity index (χ0) is 46.3. The predicted octanol–water partition coefficient (Wildman–Crippen LogP) is -6.55. The molecule has 0 aliphatic heterocycles. The summed E-state index contributed by atoms with van der Waals surface area (Å²) >= 11 is 0. The summed E-state index contributed by atoms with van der Waals surface area (Å²) in [6, 6.07) is -10.0. The molecule has 17 N–H and O–H groups in total. The molecule has 0 spiro atoms. The highest BCUT2D eigenvalue weighted by Crippen LogP contribution is 2.11. The first-order valence-electron chi connectivity index (χ1n) is 18.1. The van der Waals surface area contributed by atoms with Crippen LogP contribution >= 0.6 is 0 Å². The second-order valence-electron chi connectivity index (χ2n) is 13.2. The zero-order valence-corrected chi connectivity index (χ0v) is 32.6. The van der Waals surface area contributed by atoms with Crippen LogP contribution in [0.3, 0.4) is 0 Å². The molecule has 0 bridgehead atoms. The van der Waals surface area contributed by atoms with E-state index in [1.54, 1.807) is 6.92 Å². The molecule has 60 heavy (non-hydrogen) atoms. The Morgan fingerprint density at radius 3 is 1.40 bits per heavy atom. The van der Waals surface area contributed by atoms with Gasteiger partial charge in [0.1, 0.15) is 36.8 Å². The van der Waals surface area contributed by atoms with Gasteiger partial charge in [0.05, 0.1) is 25.4 Å². The minimum atomic E-state index is -1.91.